The van der Waals surface area contributed by atoms with Gasteiger partial charge in [-0.15, -0.1) is 0 Å². The fourth-order valence-corrected chi connectivity index (χ4v) is 3.73. The second-order valence-corrected chi connectivity index (χ2v) is 6.58. The maximum absolute atomic E-state index is 7.08. The van der Waals surface area contributed by atoms with Crippen molar-refractivity contribution in [2.24, 2.45) is 5.11 Å². The number of hydrogen-bond acceptors (Lipinski definition) is 2. The Hall–Kier alpha value is -3.72. The van der Waals surface area contributed by atoms with Crippen LogP contribution in [0, 0.1) is 5.53 Å². The van der Waals surface area contributed by atoms with E-state index >= 15 is 0 Å². The second kappa shape index (κ2) is 6.22. The highest BCUT2D eigenvalue weighted by Gasteiger charge is 2.11. The van der Waals surface area contributed by atoms with Crippen molar-refractivity contribution in [3.63, 3.8) is 0 Å². The third-order valence-electron chi connectivity index (χ3n) is 5.04. The van der Waals surface area contributed by atoms with Crippen molar-refractivity contribution < 1.29 is 0 Å². The first-order chi connectivity index (χ1) is 13.3. The van der Waals surface area contributed by atoms with Gasteiger partial charge in [0.15, 0.2) is 0 Å². The van der Waals surface area contributed by atoms with Crippen LogP contribution < -0.4 is 0 Å². The molecule has 128 valence electrons. The molecule has 0 aliphatic rings. The van der Waals surface area contributed by atoms with Gasteiger partial charge in [-0.05, 0) is 47.5 Å². The summed E-state index contributed by atoms with van der Waals surface area (Å²) in [7, 11) is 0. The van der Waals surface area contributed by atoms with Gasteiger partial charge >= 0.3 is 0 Å². The lowest BCUT2D eigenvalue weighted by Gasteiger charge is -2.09. The lowest BCUT2D eigenvalue weighted by Crippen LogP contribution is -1.93. The van der Waals surface area contributed by atoms with Crippen molar-refractivity contribution in [3.8, 4) is 16.8 Å². The highest BCUT2D eigenvalue weighted by Crippen LogP contribution is 2.32. The Kier molecular flexibility index (Phi) is 3.58. The molecular formula is C24H17N3. The molecule has 4 aromatic carbocycles. The Balaban J connectivity index is 1.65. The summed E-state index contributed by atoms with van der Waals surface area (Å²) >= 11 is 0. The van der Waals surface area contributed by atoms with E-state index in [1.54, 1.807) is 0 Å². The molecule has 0 aliphatic heterocycles. The van der Waals surface area contributed by atoms with Crippen molar-refractivity contribution in [1.29, 1.82) is 5.53 Å². The number of para-hydroxylation sites is 2. The van der Waals surface area contributed by atoms with E-state index in [2.05, 4.69) is 82.5 Å². The minimum Gasteiger partial charge on any atom is -0.309 e. The van der Waals surface area contributed by atoms with Gasteiger partial charge in [0.1, 0.15) is 0 Å². The van der Waals surface area contributed by atoms with E-state index < -0.39 is 0 Å². The van der Waals surface area contributed by atoms with Crippen molar-refractivity contribution in [2.75, 3.05) is 0 Å². The van der Waals surface area contributed by atoms with Crippen LogP contribution in [-0.4, -0.2) is 4.57 Å². The van der Waals surface area contributed by atoms with E-state index in [0.29, 0.717) is 5.69 Å². The van der Waals surface area contributed by atoms with Crippen LogP contribution in [0.5, 0.6) is 0 Å². The summed E-state index contributed by atoms with van der Waals surface area (Å²) in [6.07, 6.45) is 0. The van der Waals surface area contributed by atoms with Crippen LogP contribution in [0.25, 0.3) is 38.6 Å². The molecule has 5 aromatic rings. The standard InChI is InChI=1S/C24H17N3/c25-26-19-13-9-17(10-14-19)18-11-15-20(16-12-18)27-23-7-3-1-5-21(23)22-6-2-4-8-24(22)27/h1-16,25H. The van der Waals surface area contributed by atoms with Gasteiger partial charge in [-0.2, -0.15) is 5.11 Å². The van der Waals surface area contributed by atoms with E-state index in [-0.39, 0.29) is 0 Å². The largest absolute Gasteiger partial charge is 0.309 e. The summed E-state index contributed by atoms with van der Waals surface area (Å²) in [6.45, 7) is 0. The topological polar surface area (TPSA) is 41.1 Å². The number of hydrogen-bond donors (Lipinski definition) is 1. The molecule has 0 bridgehead atoms. The molecule has 27 heavy (non-hydrogen) atoms. The number of nitrogens with one attached hydrogen (secondary N) is 1. The molecule has 0 atom stereocenters. The normalized spacial score (nSPS) is 11.1. The maximum atomic E-state index is 7.08. The molecule has 0 unspecified atom stereocenters. The Morgan fingerprint density at radius 3 is 1.56 bits per heavy atom. The van der Waals surface area contributed by atoms with Crippen molar-refractivity contribution in [3.05, 3.63) is 97.1 Å². The van der Waals surface area contributed by atoms with Crippen molar-refractivity contribution in [1.82, 2.24) is 4.57 Å². The highest BCUT2D eigenvalue weighted by molar-refractivity contribution is 6.09. The molecule has 0 aliphatic carbocycles. The molecule has 0 saturated carbocycles. The Morgan fingerprint density at radius 1 is 0.556 bits per heavy atom. The summed E-state index contributed by atoms with van der Waals surface area (Å²) in [5.74, 6) is 0. The smallest absolute Gasteiger partial charge is 0.0850 e. The highest BCUT2D eigenvalue weighted by atomic mass is 15.0. The summed E-state index contributed by atoms with van der Waals surface area (Å²) in [6, 6.07) is 33.4. The monoisotopic (exact) mass is 347 g/mol. The molecule has 3 heteroatoms. The van der Waals surface area contributed by atoms with Crippen LogP contribution in [0.2, 0.25) is 0 Å². The Morgan fingerprint density at radius 2 is 1.04 bits per heavy atom. The zero-order valence-corrected chi connectivity index (χ0v) is 14.6. The van der Waals surface area contributed by atoms with Crippen LogP contribution in [-0.2, 0) is 0 Å². The molecule has 1 heterocycles. The number of rotatable bonds is 3. The predicted octanol–water partition coefficient (Wildman–Crippen LogP) is 7.11. The zero-order valence-electron chi connectivity index (χ0n) is 14.6. The van der Waals surface area contributed by atoms with Crippen molar-refractivity contribution >= 4 is 27.5 Å². The molecule has 1 N–H and O–H groups in total. The molecular weight excluding hydrogens is 330 g/mol. The SMILES string of the molecule is N=Nc1ccc(-c2ccc(-n3c4ccccc4c4ccccc43)cc2)cc1. The number of nitrogens with zero attached hydrogens (tertiary/aromatic N) is 2. The van der Waals surface area contributed by atoms with Gasteiger partial charge in [-0.25, -0.2) is 5.53 Å². The van der Waals surface area contributed by atoms with E-state index in [0.717, 1.165) is 16.8 Å². The Labute approximate surface area is 157 Å². The van der Waals surface area contributed by atoms with Crippen LogP contribution in [0.3, 0.4) is 0 Å². The average Bonchev–Trinajstić information content (AvgIpc) is 3.08. The van der Waals surface area contributed by atoms with Gasteiger partial charge in [0.25, 0.3) is 0 Å². The molecule has 0 spiro atoms. The van der Waals surface area contributed by atoms with Gasteiger partial charge in [0.2, 0.25) is 0 Å². The summed E-state index contributed by atoms with van der Waals surface area (Å²) in [4.78, 5) is 0. The lowest BCUT2D eigenvalue weighted by molar-refractivity contribution is 1.15. The van der Waals surface area contributed by atoms with E-state index in [1.165, 1.54) is 21.8 Å². The molecule has 0 amide bonds. The van der Waals surface area contributed by atoms with Crippen LogP contribution in [0.15, 0.2) is 102 Å². The summed E-state index contributed by atoms with van der Waals surface area (Å²) in [5.41, 5.74) is 13.6. The second-order valence-electron chi connectivity index (χ2n) is 6.58. The number of aromatic nitrogens is 1. The zero-order chi connectivity index (χ0) is 18.2. The molecule has 5 rings (SSSR count). The minimum atomic E-state index is 0.667. The summed E-state index contributed by atoms with van der Waals surface area (Å²) < 4.78 is 2.32. The third kappa shape index (κ3) is 2.52. The molecule has 1 aromatic heterocycles. The van der Waals surface area contributed by atoms with Crippen LogP contribution >= 0.6 is 0 Å². The quantitative estimate of drug-likeness (QED) is 0.338. The van der Waals surface area contributed by atoms with Gasteiger partial charge in [-0.1, -0.05) is 60.7 Å². The number of benzene rings is 4. The van der Waals surface area contributed by atoms with Crippen molar-refractivity contribution in [2.45, 2.75) is 0 Å². The fourth-order valence-electron chi connectivity index (χ4n) is 3.73. The summed E-state index contributed by atoms with van der Waals surface area (Å²) in [5, 5.41) is 6.00. The molecule has 0 saturated heterocycles. The molecule has 0 radical (unpaired) electrons. The third-order valence-corrected chi connectivity index (χ3v) is 5.04. The van der Waals surface area contributed by atoms with E-state index in [4.69, 9.17) is 5.53 Å². The first-order valence-electron chi connectivity index (χ1n) is 8.92. The van der Waals surface area contributed by atoms with E-state index in [9.17, 15) is 0 Å². The van der Waals surface area contributed by atoms with Crippen LogP contribution in [0.1, 0.15) is 0 Å². The Bertz CT molecular complexity index is 1210. The van der Waals surface area contributed by atoms with Gasteiger partial charge in [-0.3, -0.25) is 0 Å². The molecule has 0 fully saturated rings. The first-order valence-corrected chi connectivity index (χ1v) is 8.92. The van der Waals surface area contributed by atoms with Gasteiger partial charge in [0.05, 0.1) is 16.7 Å². The van der Waals surface area contributed by atoms with Crippen LogP contribution in [0.4, 0.5) is 5.69 Å². The average molecular weight is 347 g/mol. The van der Waals surface area contributed by atoms with E-state index in [1.807, 2.05) is 24.3 Å². The maximum Gasteiger partial charge on any atom is 0.0850 e. The first kappa shape index (κ1) is 15.5. The van der Waals surface area contributed by atoms with Gasteiger partial charge < -0.3 is 4.57 Å². The predicted molar refractivity (Wildman–Crippen MR) is 111 cm³/mol. The minimum absolute atomic E-state index is 0.667. The van der Waals surface area contributed by atoms with Gasteiger partial charge in [0, 0.05) is 16.5 Å². The fraction of sp³-hybridized carbons (Fsp3) is 0. The number of fused-ring (bicyclic) bond motifs is 3. The molecule has 3 nitrogen and oxygen atoms in total. The lowest BCUT2D eigenvalue weighted by atomic mass is 10.1.